The molecule has 7 nitrogen and oxygen atoms in total. The molecule has 0 bridgehead atoms. The highest BCUT2D eigenvalue weighted by Crippen LogP contribution is 2.17. The lowest BCUT2D eigenvalue weighted by Gasteiger charge is -2.26. The lowest BCUT2D eigenvalue weighted by molar-refractivity contribution is -0.143. The average Bonchev–Trinajstić information content (AvgIpc) is 2.76. The van der Waals surface area contributed by atoms with Crippen LogP contribution >= 0.6 is 11.8 Å². The van der Waals surface area contributed by atoms with Gasteiger partial charge in [-0.25, -0.2) is 4.98 Å². The van der Waals surface area contributed by atoms with E-state index in [4.69, 9.17) is 15.2 Å². The second kappa shape index (κ2) is 14.9. The maximum atomic E-state index is 11.6. The van der Waals surface area contributed by atoms with E-state index in [2.05, 4.69) is 9.88 Å². The average molecular weight is 450 g/mol. The van der Waals surface area contributed by atoms with E-state index in [9.17, 15) is 9.59 Å². The Kier molecular flexibility index (Phi) is 12.1. The Bertz CT molecular complexity index is 708. The van der Waals surface area contributed by atoms with Crippen LogP contribution in [0, 0.1) is 0 Å². The molecule has 31 heavy (non-hydrogen) atoms. The Labute approximate surface area is 189 Å². The number of nitrogens with zero attached hydrogens (tertiary/aromatic N) is 2. The van der Waals surface area contributed by atoms with Crippen LogP contribution in [0.25, 0.3) is 0 Å². The number of primary amides is 1. The van der Waals surface area contributed by atoms with Crippen LogP contribution in [0.2, 0.25) is 0 Å². The summed E-state index contributed by atoms with van der Waals surface area (Å²) in [5.41, 5.74) is 6.69. The van der Waals surface area contributed by atoms with Crippen molar-refractivity contribution in [1.82, 2.24) is 9.88 Å². The number of rotatable bonds is 14. The highest BCUT2D eigenvalue weighted by atomic mass is 32.2. The van der Waals surface area contributed by atoms with Crippen LogP contribution in [-0.4, -0.2) is 59.1 Å². The third-order valence-corrected chi connectivity index (χ3v) is 6.16. The normalized spacial score (nSPS) is 15.6. The lowest BCUT2D eigenvalue weighted by Crippen LogP contribution is -2.29. The third kappa shape index (κ3) is 10.7. The minimum absolute atomic E-state index is 0.204. The Morgan fingerprint density at radius 3 is 2.84 bits per heavy atom. The number of hydrogen-bond acceptors (Lipinski definition) is 7. The van der Waals surface area contributed by atoms with Gasteiger partial charge in [-0.05, 0) is 50.4 Å². The van der Waals surface area contributed by atoms with Crippen molar-refractivity contribution >= 4 is 23.6 Å². The molecule has 1 aromatic rings. The van der Waals surface area contributed by atoms with E-state index in [0.717, 1.165) is 26.1 Å². The zero-order valence-corrected chi connectivity index (χ0v) is 19.3. The van der Waals surface area contributed by atoms with E-state index in [1.165, 1.54) is 36.6 Å². The fraction of sp³-hybridized carbons (Fsp3) is 0.609. The highest BCUT2D eigenvalue weighted by molar-refractivity contribution is 8.00. The summed E-state index contributed by atoms with van der Waals surface area (Å²) in [6.45, 7) is 5.84. The van der Waals surface area contributed by atoms with Gasteiger partial charge in [0.1, 0.15) is 13.2 Å². The van der Waals surface area contributed by atoms with Crippen molar-refractivity contribution in [3.8, 4) is 5.88 Å². The van der Waals surface area contributed by atoms with Crippen LogP contribution in [-0.2, 0) is 20.9 Å². The first kappa shape index (κ1) is 25.2. The van der Waals surface area contributed by atoms with Crippen LogP contribution in [0.15, 0.2) is 30.5 Å². The third-order valence-electron chi connectivity index (χ3n) is 4.94. The summed E-state index contributed by atoms with van der Waals surface area (Å²) in [5, 5.41) is -0.355. The molecule has 8 heteroatoms. The Morgan fingerprint density at radius 1 is 1.29 bits per heavy atom. The molecule has 1 unspecified atom stereocenters. The van der Waals surface area contributed by atoms with E-state index in [1.54, 1.807) is 6.20 Å². The fourth-order valence-corrected chi connectivity index (χ4v) is 4.19. The molecule has 2 rings (SSSR count). The summed E-state index contributed by atoms with van der Waals surface area (Å²) in [4.78, 5) is 29.7. The number of amides is 1. The minimum Gasteiger partial charge on any atom is -0.473 e. The lowest BCUT2D eigenvalue weighted by atomic mass is 10.1. The topological polar surface area (TPSA) is 94.8 Å². The van der Waals surface area contributed by atoms with Gasteiger partial charge in [0, 0.05) is 31.0 Å². The van der Waals surface area contributed by atoms with Crippen molar-refractivity contribution in [2.45, 2.75) is 57.2 Å². The van der Waals surface area contributed by atoms with E-state index in [-0.39, 0.29) is 17.1 Å². The molecule has 0 aliphatic carbocycles. The van der Waals surface area contributed by atoms with Gasteiger partial charge in [-0.15, -0.1) is 11.8 Å². The summed E-state index contributed by atoms with van der Waals surface area (Å²) in [7, 11) is 0. The summed E-state index contributed by atoms with van der Waals surface area (Å²) < 4.78 is 10.8. The number of carbonyl (C=O) groups is 2. The predicted octanol–water partition coefficient (Wildman–Crippen LogP) is 3.32. The molecule has 0 radical (unpaired) electrons. The van der Waals surface area contributed by atoms with E-state index < -0.39 is 0 Å². The van der Waals surface area contributed by atoms with Gasteiger partial charge in [-0.1, -0.05) is 25.5 Å². The Hall–Kier alpha value is -2.06. The van der Waals surface area contributed by atoms with Gasteiger partial charge < -0.3 is 15.2 Å². The van der Waals surface area contributed by atoms with Gasteiger partial charge in [0.15, 0.2) is 0 Å². The highest BCUT2D eigenvalue weighted by Gasteiger charge is 2.14. The summed E-state index contributed by atoms with van der Waals surface area (Å²) in [5.74, 6) is 0.571. The number of likely N-dealkylation sites (tertiary alicyclic amines) is 1. The van der Waals surface area contributed by atoms with Crippen LogP contribution < -0.4 is 10.5 Å². The standard InChI is InChI=1S/C23H35N3O4S/c1-2-8-22(27)30-15-16-31-20(23(24)28)9-4-7-14-29-21-17-19(10-11-25-21)18-26-12-5-3-6-13-26/h4,7,10-11,17,20H,2-3,5-6,8-9,12-16,18H2,1H3,(H2,24,28). The van der Waals surface area contributed by atoms with Crippen LogP contribution in [0.5, 0.6) is 5.88 Å². The molecule has 1 aliphatic rings. The molecule has 1 atom stereocenters. The Balaban J connectivity index is 1.67. The van der Waals surface area contributed by atoms with Crippen molar-refractivity contribution in [2.75, 3.05) is 32.1 Å². The quantitative estimate of drug-likeness (QED) is 0.264. The maximum Gasteiger partial charge on any atom is 0.305 e. The van der Waals surface area contributed by atoms with Gasteiger partial charge in [0.25, 0.3) is 0 Å². The SMILES string of the molecule is CCCC(=O)OCCSC(CC=CCOc1cc(CN2CCCCC2)ccn1)C(N)=O. The second-order valence-corrected chi connectivity index (χ2v) is 8.90. The minimum atomic E-state index is -0.373. The van der Waals surface area contributed by atoms with Gasteiger partial charge >= 0.3 is 5.97 Å². The zero-order valence-electron chi connectivity index (χ0n) is 18.5. The number of esters is 1. The van der Waals surface area contributed by atoms with Crippen molar-refractivity contribution in [2.24, 2.45) is 5.73 Å². The largest absolute Gasteiger partial charge is 0.473 e. The number of ether oxygens (including phenoxy) is 2. The first-order valence-corrected chi connectivity index (χ1v) is 12.1. The van der Waals surface area contributed by atoms with Crippen LogP contribution in [0.3, 0.4) is 0 Å². The number of thioether (sulfide) groups is 1. The molecular formula is C23H35N3O4S. The smallest absolute Gasteiger partial charge is 0.305 e. The van der Waals surface area contributed by atoms with E-state index >= 15 is 0 Å². The summed E-state index contributed by atoms with van der Waals surface area (Å²) in [6, 6.07) is 4.02. The maximum absolute atomic E-state index is 11.6. The first-order chi connectivity index (χ1) is 15.1. The van der Waals surface area contributed by atoms with E-state index in [1.807, 2.05) is 31.2 Å². The van der Waals surface area contributed by atoms with Gasteiger partial charge in [-0.2, -0.15) is 0 Å². The molecule has 172 valence electrons. The van der Waals surface area contributed by atoms with Crippen molar-refractivity contribution in [3.63, 3.8) is 0 Å². The summed E-state index contributed by atoms with van der Waals surface area (Å²) in [6.07, 6.45) is 11.1. The molecule has 1 amide bonds. The number of pyridine rings is 1. The second-order valence-electron chi connectivity index (χ2n) is 7.59. The van der Waals surface area contributed by atoms with Crippen LogP contribution in [0.4, 0.5) is 0 Å². The molecule has 2 N–H and O–H groups in total. The number of hydrogen-bond donors (Lipinski definition) is 1. The fourth-order valence-electron chi connectivity index (χ4n) is 3.31. The monoisotopic (exact) mass is 449 g/mol. The first-order valence-electron chi connectivity index (χ1n) is 11.1. The molecule has 0 aromatic carbocycles. The number of piperidine rings is 1. The molecule has 1 aromatic heterocycles. The molecule has 0 spiro atoms. The molecule has 2 heterocycles. The number of allylic oxidation sites excluding steroid dienone is 1. The molecule has 1 fully saturated rings. The van der Waals surface area contributed by atoms with Gasteiger partial charge in [-0.3, -0.25) is 14.5 Å². The molecule has 1 saturated heterocycles. The van der Waals surface area contributed by atoms with Crippen LogP contribution in [0.1, 0.15) is 51.0 Å². The number of aromatic nitrogens is 1. The van der Waals surface area contributed by atoms with Gasteiger partial charge in [0.2, 0.25) is 11.8 Å². The van der Waals surface area contributed by atoms with Crippen molar-refractivity contribution in [1.29, 1.82) is 0 Å². The molecule has 0 saturated carbocycles. The van der Waals surface area contributed by atoms with Crippen molar-refractivity contribution < 1.29 is 19.1 Å². The molecular weight excluding hydrogens is 414 g/mol. The van der Waals surface area contributed by atoms with Gasteiger partial charge in [0.05, 0.1) is 5.25 Å². The predicted molar refractivity (Wildman–Crippen MR) is 124 cm³/mol. The number of nitrogens with two attached hydrogens (primary N) is 1. The van der Waals surface area contributed by atoms with Crippen molar-refractivity contribution in [3.05, 3.63) is 36.0 Å². The summed E-state index contributed by atoms with van der Waals surface area (Å²) >= 11 is 1.40. The molecule has 1 aliphatic heterocycles. The van der Waals surface area contributed by atoms with E-state index in [0.29, 0.717) is 37.7 Å². The zero-order chi connectivity index (χ0) is 22.3. The number of carbonyl (C=O) groups excluding carboxylic acids is 2. The Morgan fingerprint density at radius 2 is 2.10 bits per heavy atom.